The van der Waals surface area contributed by atoms with E-state index < -0.39 is 20.0 Å². The first kappa shape index (κ1) is 27.7. The average Bonchev–Trinajstić information content (AvgIpc) is 2.68. The van der Waals surface area contributed by atoms with Gasteiger partial charge in [-0.1, -0.05) is 83.3 Å². The summed E-state index contributed by atoms with van der Waals surface area (Å²) < 4.78 is 20.6. The number of unbranched alkanes of at least 4 members (excludes halogenated alkanes) is 11. The van der Waals surface area contributed by atoms with Crippen molar-refractivity contribution in [1.82, 2.24) is 0 Å². The van der Waals surface area contributed by atoms with E-state index in [1.807, 2.05) is 6.08 Å². The van der Waals surface area contributed by atoms with Crippen molar-refractivity contribution in [2.24, 2.45) is 5.73 Å². The van der Waals surface area contributed by atoms with Gasteiger partial charge in [-0.3, -0.25) is 4.57 Å². The van der Waals surface area contributed by atoms with Gasteiger partial charge in [0.2, 0.25) is 0 Å². The molecule has 0 rings (SSSR count). The van der Waals surface area contributed by atoms with Crippen molar-refractivity contribution in [3.05, 3.63) is 12.2 Å². The van der Waals surface area contributed by atoms with Gasteiger partial charge >= 0.3 is 0 Å². The van der Waals surface area contributed by atoms with Crippen molar-refractivity contribution in [3.8, 4) is 0 Å². The number of hydrogen-bond donors (Lipinski definition) is 3. The molecule has 0 aromatic rings. The minimum absolute atomic E-state index is 0.0303. The van der Waals surface area contributed by atoms with Crippen LogP contribution in [0, 0.1) is 0 Å². The van der Waals surface area contributed by atoms with Crippen LogP contribution in [0.1, 0.15) is 84.0 Å². The molecule has 0 heterocycles. The number of aliphatic hydroxyl groups excluding tert-OH is 1. The minimum atomic E-state index is -4.37. The highest BCUT2D eigenvalue weighted by atomic mass is 31.2. The Morgan fingerprint density at radius 2 is 1.57 bits per heavy atom. The Kier molecular flexibility index (Phi) is 18.6. The maximum absolute atomic E-state index is 11.4. The lowest BCUT2D eigenvalue weighted by Crippen LogP contribution is -2.52. The van der Waals surface area contributed by atoms with Gasteiger partial charge in [-0.2, -0.15) is 0 Å². The molecule has 0 fully saturated rings. The Balaban J connectivity index is 3.61. The largest absolute Gasteiger partial charge is 0.756 e. The highest BCUT2D eigenvalue weighted by molar-refractivity contribution is 7.45. The minimum Gasteiger partial charge on any atom is -0.756 e. The highest BCUT2D eigenvalue weighted by Crippen LogP contribution is 2.37. The molecule has 0 aromatic carbocycles. The Labute approximate surface area is 171 Å². The second-order valence-corrected chi connectivity index (χ2v) is 8.75. The summed E-state index contributed by atoms with van der Waals surface area (Å²) in [6.45, 7) is 2.22. The summed E-state index contributed by atoms with van der Waals surface area (Å²) in [5.41, 5.74) is 9.23. The van der Waals surface area contributed by atoms with E-state index in [9.17, 15) is 14.6 Å². The fraction of sp³-hybridized carbons (Fsp3) is 0.900. The lowest BCUT2D eigenvalue weighted by molar-refractivity contribution is -0.373. The van der Waals surface area contributed by atoms with E-state index in [1.54, 1.807) is 6.08 Å². The number of phosphoric acid groups is 1. The van der Waals surface area contributed by atoms with Gasteiger partial charge in [0, 0.05) is 0 Å². The summed E-state index contributed by atoms with van der Waals surface area (Å²) in [4.78, 5) is 11.4. The molecule has 8 heteroatoms. The topological polar surface area (TPSA) is 132 Å². The zero-order valence-electron chi connectivity index (χ0n) is 17.7. The van der Waals surface area contributed by atoms with Crippen molar-refractivity contribution in [1.29, 1.82) is 0 Å². The zero-order valence-corrected chi connectivity index (χ0v) is 18.6. The zero-order chi connectivity index (χ0) is 21.1. The molecule has 0 aliphatic carbocycles. The second-order valence-electron chi connectivity index (χ2n) is 7.34. The van der Waals surface area contributed by atoms with Crippen molar-refractivity contribution in [2.75, 3.05) is 19.8 Å². The quantitative estimate of drug-likeness (QED) is 0.157. The van der Waals surface area contributed by atoms with Gasteiger partial charge in [0.1, 0.15) is 6.61 Å². The molecule has 3 unspecified atom stereocenters. The maximum atomic E-state index is 11.4. The Hall–Kier alpha value is -0.270. The van der Waals surface area contributed by atoms with Crippen LogP contribution in [0.4, 0.5) is 0 Å². The first-order valence-corrected chi connectivity index (χ1v) is 12.4. The predicted octanol–water partition coefficient (Wildman–Crippen LogP) is 2.68. The third-order valence-corrected chi connectivity index (χ3v) is 5.53. The van der Waals surface area contributed by atoms with Crippen LogP contribution in [0.15, 0.2) is 12.2 Å². The summed E-state index contributed by atoms with van der Waals surface area (Å²) in [5.74, 6) is 0. The monoisotopic (exact) mass is 422 g/mol. The van der Waals surface area contributed by atoms with Crippen LogP contribution in [0.2, 0.25) is 0 Å². The number of allylic oxidation sites excluding steroid dienone is 1. The fourth-order valence-corrected chi connectivity index (χ4v) is 3.58. The molecule has 0 aromatic heterocycles. The molecule has 0 aliphatic heterocycles. The van der Waals surface area contributed by atoms with Crippen LogP contribution < -0.4 is 16.4 Å². The van der Waals surface area contributed by atoms with Crippen molar-refractivity contribution < 1.29 is 29.3 Å². The number of nitrogens with two attached hydrogens (primary N) is 1. The molecule has 0 saturated carbocycles. The van der Waals surface area contributed by atoms with Crippen LogP contribution in [-0.2, 0) is 13.6 Å². The summed E-state index contributed by atoms with van der Waals surface area (Å²) in [7, 11) is -4.37. The number of rotatable bonds is 20. The average molecular weight is 423 g/mol. The normalized spacial score (nSPS) is 16.3. The third kappa shape index (κ3) is 17.8. The third-order valence-electron chi connectivity index (χ3n) is 4.57. The van der Waals surface area contributed by atoms with Crippen molar-refractivity contribution >= 4 is 7.82 Å². The molecule has 6 N–H and O–H groups in total. The van der Waals surface area contributed by atoms with E-state index in [2.05, 4.69) is 21.7 Å². The lowest BCUT2D eigenvalue weighted by Gasteiger charge is -2.24. The van der Waals surface area contributed by atoms with Crippen LogP contribution in [0.25, 0.3) is 0 Å². The Bertz CT molecular complexity index is 423. The summed E-state index contributed by atoms with van der Waals surface area (Å²) in [6, 6.07) is -0.820. The van der Waals surface area contributed by atoms with Crippen LogP contribution in [0.3, 0.4) is 0 Å². The van der Waals surface area contributed by atoms with E-state index in [4.69, 9.17) is 5.73 Å². The van der Waals surface area contributed by atoms with Crippen LogP contribution in [0.5, 0.6) is 0 Å². The van der Waals surface area contributed by atoms with Crippen LogP contribution in [-0.4, -0.2) is 37.0 Å². The molecule has 7 nitrogen and oxygen atoms in total. The van der Waals surface area contributed by atoms with E-state index in [1.165, 1.54) is 64.2 Å². The molecule has 0 amide bonds. The fourth-order valence-electron chi connectivity index (χ4n) is 2.79. The van der Waals surface area contributed by atoms with Gasteiger partial charge in [-0.15, -0.1) is 0 Å². The molecule has 28 heavy (non-hydrogen) atoms. The number of phosphoric ester groups is 1. The molecule has 168 valence electrons. The molecular weight excluding hydrogens is 379 g/mol. The van der Waals surface area contributed by atoms with E-state index in [0.29, 0.717) is 6.54 Å². The van der Waals surface area contributed by atoms with Crippen molar-refractivity contribution in [2.45, 2.75) is 96.1 Å². The molecular formula is C20H43N2O5P. The second kappa shape index (κ2) is 18.7. The number of aliphatic hydroxyl groups is 1. The molecule has 0 spiro atoms. The molecule has 0 bridgehead atoms. The highest BCUT2D eigenvalue weighted by Gasteiger charge is 2.16. The summed E-state index contributed by atoms with van der Waals surface area (Å²) in [5, 5.41) is 9.93. The Morgan fingerprint density at radius 1 is 1.04 bits per heavy atom. The van der Waals surface area contributed by atoms with Gasteiger partial charge in [0.15, 0.2) is 0 Å². The van der Waals surface area contributed by atoms with Crippen molar-refractivity contribution in [3.63, 3.8) is 0 Å². The number of hydrogen-bond acceptors (Lipinski definition) is 6. The lowest BCUT2D eigenvalue weighted by atomic mass is 10.0. The molecule has 0 radical (unpaired) electrons. The first-order valence-electron chi connectivity index (χ1n) is 10.9. The van der Waals surface area contributed by atoms with Gasteiger partial charge in [0.05, 0.1) is 25.3 Å². The van der Waals surface area contributed by atoms with E-state index >= 15 is 0 Å². The number of quaternary nitrogens is 1. The van der Waals surface area contributed by atoms with Gasteiger partial charge in [0.25, 0.3) is 7.82 Å². The standard InChI is InChI=1S/C20H43N2O5P/c1-2-3-4-5-6-7-8-9-10-11-12-13-14-15-20(23)19(22)18-27-28(24,25)26-17-16-21/h14-15,19-20,23H,2-13,16-18,21-22H2,1H3,(H,24,25). The van der Waals surface area contributed by atoms with Crippen LogP contribution >= 0.6 is 7.82 Å². The summed E-state index contributed by atoms with van der Waals surface area (Å²) >= 11 is 0. The molecule has 0 saturated heterocycles. The molecule has 3 atom stereocenters. The summed E-state index contributed by atoms with van der Waals surface area (Å²) in [6.07, 6.45) is 17.8. The Morgan fingerprint density at radius 3 is 2.11 bits per heavy atom. The smallest absolute Gasteiger partial charge is 0.268 e. The van der Waals surface area contributed by atoms with Gasteiger partial charge in [-0.05, 0) is 12.8 Å². The van der Waals surface area contributed by atoms with Gasteiger partial charge < -0.3 is 30.5 Å². The predicted molar refractivity (Wildman–Crippen MR) is 111 cm³/mol. The first-order chi connectivity index (χ1) is 13.4. The molecule has 0 aliphatic rings. The SMILES string of the molecule is CCCCCCCCCCCCCC=CC(O)C(N)COP(=O)([O-])OCC[NH3+]. The maximum Gasteiger partial charge on any atom is 0.268 e. The van der Waals surface area contributed by atoms with Gasteiger partial charge in [-0.25, -0.2) is 0 Å². The van der Waals surface area contributed by atoms with E-state index in [-0.39, 0.29) is 13.2 Å². The van der Waals surface area contributed by atoms with E-state index in [0.717, 1.165) is 12.8 Å².